The van der Waals surface area contributed by atoms with E-state index in [1.807, 2.05) is 41.2 Å². The number of carbonyl (C=O) groups is 1. The highest BCUT2D eigenvalue weighted by Gasteiger charge is 2.28. The molecule has 2 N–H and O–H groups in total. The Balaban J connectivity index is 1.61. The Bertz CT molecular complexity index is 1100. The predicted molar refractivity (Wildman–Crippen MR) is 120 cm³/mol. The fourth-order valence-electron chi connectivity index (χ4n) is 2.98. The zero-order chi connectivity index (χ0) is 22.4. The molecule has 0 fully saturated rings. The van der Waals surface area contributed by atoms with Gasteiger partial charge in [0.05, 0.1) is 11.4 Å². The third kappa shape index (κ3) is 6.40. The lowest BCUT2D eigenvalue weighted by Gasteiger charge is -2.21. The molecule has 1 aromatic heterocycles. The standard InChI is InChI=1S/C22H25ClN4O3S/c1-16(2)21(26-31(29,30)20-10-8-19(23)9-11-20)22(28)24-14-17-4-6-18(7-5-17)15-27-13-3-12-25-27/h3-13,16,21,26H,14-15H2,1-2H3,(H,24,28)/t21-/m0/s1. The molecular formula is C22H25ClN4O3S. The first-order chi connectivity index (χ1) is 14.7. The molecule has 0 bridgehead atoms. The summed E-state index contributed by atoms with van der Waals surface area (Å²) in [5.41, 5.74) is 2.01. The molecular weight excluding hydrogens is 436 g/mol. The van der Waals surface area contributed by atoms with Crippen LogP contribution in [0.1, 0.15) is 25.0 Å². The molecule has 0 aliphatic rings. The van der Waals surface area contributed by atoms with E-state index in [0.29, 0.717) is 18.1 Å². The van der Waals surface area contributed by atoms with Crippen molar-refractivity contribution in [1.82, 2.24) is 19.8 Å². The van der Waals surface area contributed by atoms with E-state index in [1.54, 1.807) is 20.0 Å². The van der Waals surface area contributed by atoms with Gasteiger partial charge in [0.1, 0.15) is 6.04 Å². The Kier molecular flexibility index (Phi) is 7.48. The third-order valence-electron chi connectivity index (χ3n) is 4.75. The van der Waals surface area contributed by atoms with Crippen LogP contribution in [0.3, 0.4) is 0 Å². The Morgan fingerprint density at radius 3 is 2.29 bits per heavy atom. The molecule has 9 heteroatoms. The van der Waals surface area contributed by atoms with Crippen LogP contribution in [0.5, 0.6) is 0 Å². The monoisotopic (exact) mass is 460 g/mol. The molecule has 3 rings (SSSR count). The molecule has 2 aromatic carbocycles. The smallest absolute Gasteiger partial charge is 0.241 e. The van der Waals surface area contributed by atoms with Gasteiger partial charge < -0.3 is 5.32 Å². The molecule has 0 aliphatic carbocycles. The van der Waals surface area contributed by atoms with Crippen LogP contribution in [0.25, 0.3) is 0 Å². The first kappa shape index (κ1) is 23.0. The van der Waals surface area contributed by atoms with E-state index >= 15 is 0 Å². The topological polar surface area (TPSA) is 93.1 Å². The normalized spacial score (nSPS) is 12.6. The molecule has 0 unspecified atom stereocenters. The number of amides is 1. The van der Waals surface area contributed by atoms with Crippen LogP contribution >= 0.6 is 11.6 Å². The van der Waals surface area contributed by atoms with E-state index in [2.05, 4.69) is 15.1 Å². The first-order valence-electron chi connectivity index (χ1n) is 9.85. The fourth-order valence-corrected chi connectivity index (χ4v) is 4.45. The minimum atomic E-state index is -3.86. The number of halogens is 1. The van der Waals surface area contributed by atoms with E-state index in [9.17, 15) is 13.2 Å². The summed E-state index contributed by atoms with van der Waals surface area (Å²) in [4.78, 5) is 12.8. The molecule has 1 atom stereocenters. The number of nitrogens with one attached hydrogen (secondary N) is 2. The molecule has 7 nitrogen and oxygen atoms in total. The largest absolute Gasteiger partial charge is 0.351 e. The lowest BCUT2D eigenvalue weighted by atomic mass is 10.0. The van der Waals surface area contributed by atoms with Gasteiger partial charge in [-0.2, -0.15) is 9.82 Å². The number of hydrogen-bond donors (Lipinski definition) is 2. The minimum Gasteiger partial charge on any atom is -0.351 e. The lowest BCUT2D eigenvalue weighted by molar-refractivity contribution is -0.123. The van der Waals surface area contributed by atoms with Crippen LogP contribution in [0.15, 0.2) is 71.9 Å². The van der Waals surface area contributed by atoms with Gasteiger partial charge in [-0.25, -0.2) is 8.42 Å². The Morgan fingerprint density at radius 1 is 1.06 bits per heavy atom. The number of rotatable bonds is 9. The Labute approximate surface area is 187 Å². The van der Waals surface area contributed by atoms with Gasteiger partial charge in [-0.3, -0.25) is 9.48 Å². The maximum Gasteiger partial charge on any atom is 0.241 e. The highest BCUT2D eigenvalue weighted by molar-refractivity contribution is 7.89. The van der Waals surface area contributed by atoms with Crippen LogP contribution in [0, 0.1) is 5.92 Å². The maximum absolute atomic E-state index is 12.7. The average molecular weight is 461 g/mol. The van der Waals surface area contributed by atoms with Crippen LogP contribution in [-0.4, -0.2) is 30.1 Å². The van der Waals surface area contributed by atoms with Gasteiger partial charge >= 0.3 is 0 Å². The molecule has 0 saturated heterocycles. The van der Waals surface area contributed by atoms with E-state index in [4.69, 9.17) is 11.6 Å². The zero-order valence-electron chi connectivity index (χ0n) is 17.3. The van der Waals surface area contributed by atoms with Crippen LogP contribution in [-0.2, 0) is 27.9 Å². The number of nitrogens with zero attached hydrogens (tertiary/aromatic N) is 2. The van der Waals surface area contributed by atoms with Gasteiger partial charge in [-0.05, 0) is 47.4 Å². The zero-order valence-corrected chi connectivity index (χ0v) is 18.9. The molecule has 0 radical (unpaired) electrons. The molecule has 0 aliphatic heterocycles. The number of hydrogen-bond acceptors (Lipinski definition) is 4. The summed E-state index contributed by atoms with van der Waals surface area (Å²) in [6, 6.07) is 14.6. The van der Waals surface area contributed by atoms with Gasteiger partial charge in [-0.1, -0.05) is 49.7 Å². The molecule has 1 heterocycles. The SMILES string of the molecule is CC(C)[C@H](NS(=O)(=O)c1ccc(Cl)cc1)C(=O)NCc1ccc(Cn2cccn2)cc1. The first-order valence-corrected chi connectivity index (χ1v) is 11.7. The quantitative estimate of drug-likeness (QED) is 0.512. The summed E-state index contributed by atoms with van der Waals surface area (Å²) in [5, 5.41) is 7.44. The van der Waals surface area contributed by atoms with Crippen LogP contribution in [0.4, 0.5) is 0 Å². The molecule has 3 aromatic rings. The number of carbonyl (C=O) groups excluding carboxylic acids is 1. The molecule has 164 valence electrons. The summed E-state index contributed by atoms with van der Waals surface area (Å²) in [7, 11) is -3.86. The average Bonchev–Trinajstić information content (AvgIpc) is 3.24. The summed E-state index contributed by atoms with van der Waals surface area (Å²) in [6.07, 6.45) is 3.63. The van der Waals surface area contributed by atoms with Crippen LogP contribution < -0.4 is 10.0 Å². The predicted octanol–water partition coefficient (Wildman–Crippen LogP) is 3.20. The second-order valence-corrected chi connectivity index (χ2v) is 9.69. The molecule has 31 heavy (non-hydrogen) atoms. The Hall–Kier alpha value is -2.68. The molecule has 0 saturated carbocycles. The Morgan fingerprint density at radius 2 is 1.71 bits per heavy atom. The van der Waals surface area contributed by atoms with E-state index < -0.39 is 16.1 Å². The van der Waals surface area contributed by atoms with Crippen molar-refractivity contribution < 1.29 is 13.2 Å². The summed E-state index contributed by atoms with van der Waals surface area (Å²) in [6.45, 7) is 4.55. The van der Waals surface area contributed by atoms with Crippen molar-refractivity contribution in [3.63, 3.8) is 0 Å². The van der Waals surface area contributed by atoms with Crippen molar-refractivity contribution in [3.8, 4) is 0 Å². The fraction of sp³-hybridized carbons (Fsp3) is 0.273. The molecule has 1 amide bonds. The maximum atomic E-state index is 12.7. The summed E-state index contributed by atoms with van der Waals surface area (Å²) < 4.78 is 29.7. The van der Waals surface area contributed by atoms with Gasteiger partial charge in [0, 0.05) is 24.0 Å². The van der Waals surface area contributed by atoms with E-state index in [1.165, 1.54) is 24.3 Å². The molecule has 0 spiro atoms. The lowest BCUT2D eigenvalue weighted by Crippen LogP contribution is -2.49. The second kappa shape index (κ2) is 10.1. The highest BCUT2D eigenvalue weighted by Crippen LogP contribution is 2.16. The van der Waals surface area contributed by atoms with Gasteiger partial charge in [0.15, 0.2) is 0 Å². The van der Waals surface area contributed by atoms with Crippen molar-refractivity contribution in [1.29, 1.82) is 0 Å². The summed E-state index contributed by atoms with van der Waals surface area (Å²) in [5.74, 6) is -0.619. The van der Waals surface area contributed by atoms with Crippen molar-refractivity contribution in [2.45, 2.75) is 37.9 Å². The minimum absolute atomic E-state index is 0.0584. The van der Waals surface area contributed by atoms with Gasteiger partial charge in [-0.15, -0.1) is 0 Å². The number of sulfonamides is 1. The second-order valence-electron chi connectivity index (χ2n) is 7.53. The third-order valence-corrected chi connectivity index (χ3v) is 6.46. The van der Waals surface area contributed by atoms with E-state index in [0.717, 1.165) is 11.1 Å². The van der Waals surface area contributed by atoms with Crippen molar-refractivity contribution >= 4 is 27.5 Å². The van der Waals surface area contributed by atoms with Crippen molar-refractivity contribution in [3.05, 3.63) is 83.1 Å². The summed E-state index contributed by atoms with van der Waals surface area (Å²) >= 11 is 5.83. The van der Waals surface area contributed by atoms with Gasteiger partial charge in [0.2, 0.25) is 15.9 Å². The van der Waals surface area contributed by atoms with Crippen molar-refractivity contribution in [2.24, 2.45) is 5.92 Å². The van der Waals surface area contributed by atoms with Gasteiger partial charge in [0.25, 0.3) is 0 Å². The van der Waals surface area contributed by atoms with Crippen LogP contribution in [0.2, 0.25) is 5.02 Å². The van der Waals surface area contributed by atoms with E-state index in [-0.39, 0.29) is 16.7 Å². The number of benzene rings is 2. The van der Waals surface area contributed by atoms with Crippen molar-refractivity contribution in [2.75, 3.05) is 0 Å². The number of aromatic nitrogens is 2. The highest BCUT2D eigenvalue weighted by atomic mass is 35.5.